The molecule has 4 aliphatic rings. The maximum Gasteiger partial charge on any atom is 0.285 e. The molecule has 1 aliphatic carbocycles. The van der Waals surface area contributed by atoms with Crippen LogP contribution in [0.2, 0.25) is 0 Å². The van der Waals surface area contributed by atoms with Gasteiger partial charge in [-0.25, -0.2) is 4.99 Å². The van der Waals surface area contributed by atoms with E-state index in [1.54, 1.807) is 0 Å². The number of aliphatic hydroxyl groups is 7. The third kappa shape index (κ3) is 6.34. The van der Waals surface area contributed by atoms with Crippen LogP contribution in [0.5, 0.6) is 0 Å². The Morgan fingerprint density at radius 1 is 0.810 bits per heavy atom. The van der Waals surface area contributed by atoms with Gasteiger partial charge in [0.1, 0.15) is 60.9 Å². The van der Waals surface area contributed by atoms with E-state index in [0.717, 1.165) is 6.92 Å². The second kappa shape index (κ2) is 13.6. The summed E-state index contributed by atoms with van der Waals surface area (Å²) in [5.74, 6) is -1.98. The molecule has 15 atom stereocenters. The lowest BCUT2D eigenvalue weighted by molar-refractivity contribution is -0.339. The number of rotatable bonds is 9. The number of hydrogen-bond donors (Lipinski definition) is 10. The number of aliphatic hydroxyl groups excluding tert-OH is 7. The minimum atomic E-state index is -1.67. The van der Waals surface area contributed by atoms with Crippen LogP contribution < -0.4 is 16.0 Å². The molecule has 0 radical (unpaired) electrons. The zero-order valence-corrected chi connectivity index (χ0v) is 23.2. The number of amides is 2. The molecule has 42 heavy (non-hydrogen) atoms. The number of fused-ring (bicyclic) bond motifs is 1. The number of hydrogen-bond acceptors (Lipinski definition) is 15. The predicted octanol–water partition coefficient (Wildman–Crippen LogP) is -6.39. The van der Waals surface area contributed by atoms with Crippen molar-refractivity contribution >= 4 is 17.8 Å². The maximum absolute atomic E-state index is 12.1. The largest absolute Gasteiger partial charge is 0.459 e. The fourth-order valence-corrected chi connectivity index (χ4v) is 5.88. The first-order chi connectivity index (χ1) is 19.9. The number of aliphatic imine (C=N–C) groups is 1. The van der Waals surface area contributed by atoms with Crippen LogP contribution in [-0.2, 0) is 33.3 Å². The van der Waals surface area contributed by atoms with Crippen molar-refractivity contribution in [1.82, 2.24) is 16.0 Å². The van der Waals surface area contributed by atoms with E-state index in [0.29, 0.717) is 0 Å². The van der Waals surface area contributed by atoms with Gasteiger partial charge in [0.25, 0.3) is 6.02 Å². The smallest absolute Gasteiger partial charge is 0.285 e. The topological polar surface area (TPSA) is 270 Å². The zero-order chi connectivity index (χ0) is 30.9. The van der Waals surface area contributed by atoms with Gasteiger partial charge < -0.3 is 75.4 Å². The van der Waals surface area contributed by atoms with Gasteiger partial charge in [-0.15, -0.1) is 0 Å². The van der Waals surface area contributed by atoms with Gasteiger partial charge >= 0.3 is 0 Å². The number of carbonyl (C=O) groups is 2. The van der Waals surface area contributed by atoms with Crippen molar-refractivity contribution in [2.75, 3.05) is 26.9 Å². The van der Waals surface area contributed by atoms with Crippen LogP contribution in [0.25, 0.3) is 0 Å². The first-order valence-electron chi connectivity index (χ1n) is 13.6. The fraction of sp³-hybridized carbons (Fsp3) is 0.875. The summed E-state index contributed by atoms with van der Waals surface area (Å²) in [6.07, 6.45) is -15.1. The average molecular weight is 609 g/mol. The molecule has 0 aromatic carbocycles. The van der Waals surface area contributed by atoms with Crippen LogP contribution in [0, 0.1) is 5.92 Å². The summed E-state index contributed by atoms with van der Waals surface area (Å²) in [4.78, 5) is 27.8. The Hall–Kier alpha value is -2.23. The summed E-state index contributed by atoms with van der Waals surface area (Å²) in [5.41, 5.74) is 0. The van der Waals surface area contributed by atoms with Crippen LogP contribution in [0.1, 0.15) is 13.8 Å². The monoisotopic (exact) mass is 608 g/mol. The molecule has 2 amide bonds. The Bertz CT molecular complexity index is 991. The summed E-state index contributed by atoms with van der Waals surface area (Å²) < 4.78 is 29.1. The molecule has 18 heteroatoms. The molecule has 3 heterocycles. The van der Waals surface area contributed by atoms with Gasteiger partial charge in [0.05, 0.1) is 37.9 Å². The zero-order valence-electron chi connectivity index (χ0n) is 23.2. The summed E-state index contributed by atoms with van der Waals surface area (Å²) in [6.45, 7) is 0.404. The first kappa shape index (κ1) is 32.7. The molecule has 3 aliphatic heterocycles. The quantitative estimate of drug-likeness (QED) is 0.117. The highest BCUT2D eigenvalue weighted by atomic mass is 16.7. The molecule has 0 spiro atoms. The first-order valence-corrected chi connectivity index (χ1v) is 13.6. The van der Waals surface area contributed by atoms with Crippen molar-refractivity contribution in [3.63, 3.8) is 0 Å². The second-order valence-corrected chi connectivity index (χ2v) is 10.7. The van der Waals surface area contributed by atoms with Crippen molar-refractivity contribution in [3.05, 3.63) is 0 Å². The van der Waals surface area contributed by atoms with Crippen molar-refractivity contribution in [1.29, 1.82) is 0 Å². The minimum Gasteiger partial charge on any atom is -0.459 e. The van der Waals surface area contributed by atoms with E-state index >= 15 is 0 Å². The molecular formula is C24H40N4O14. The Labute approximate surface area is 240 Å². The highest BCUT2D eigenvalue weighted by Crippen LogP contribution is 2.38. The molecule has 4 rings (SSSR count). The third-order valence-corrected chi connectivity index (χ3v) is 7.91. The highest BCUT2D eigenvalue weighted by Gasteiger charge is 2.59. The summed E-state index contributed by atoms with van der Waals surface area (Å²) in [6, 6.07) is -3.21. The molecule has 240 valence electrons. The van der Waals surface area contributed by atoms with Gasteiger partial charge in [0.15, 0.2) is 12.6 Å². The van der Waals surface area contributed by atoms with Gasteiger partial charge in [-0.3, -0.25) is 9.59 Å². The number of carbonyl (C=O) groups excluding carboxylic acids is 2. The lowest BCUT2D eigenvalue weighted by Gasteiger charge is -2.48. The van der Waals surface area contributed by atoms with E-state index in [9.17, 15) is 45.3 Å². The van der Waals surface area contributed by atoms with E-state index in [1.807, 2.05) is 0 Å². The third-order valence-electron chi connectivity index (χ3n) is 7.91. The van der Waals surface area contributed by atoms with E-state index in [4.69, 9.17) is 23.7 Å². The molecular weight excluding hydrogens is 568 g/mol. The van der Waals surface area contributed by atoms with Crippen LogP contribution >= 0.6 is 0 Å². The SMILES string of the molecule is CN=C1N[C@H]2[C@@H](O)[C@H](O[C@@H]3O[C@@H](CO)[C@@H](O[C@@H]4O[C@H](CO)[C@@H](O)[C@H](O)[C@H]4NC(C)=O)[C@H](O)[C@H]3NC(C)=O)[C@H](CO)[C@@H]2O1. The average Bonchev–Trinajstić information content (AvgIpc) is 3.48. The molecule has 0 unspecified atom stereocenters. The lowest BCUT2D eigenvalue weighted by Crippen LogP contribution is -2.69. The van der Waals surface area contributed by atoms with Crippen molar-refractivity contribution in [2.45, 2.75) is 99.5 Å². The summed E-state index contributed by atoms with van der Waals surface area (Å²) in [5, 5.41) is 81.0. The maximum atomic E-state index is 12.1. The van der Waals surface area contributed by atoms with Crippen molar-refractivity contribution in [2.24, 2.45) is 10.9 Å². The molecule has 0 aromatic rings. The fourth-order valence-electron chi connectivity index (χ4n) is 5.88. The Morgan fingerprint density at radius 3 is 1.88 bits per heavy atom. The van der Waals surface area contributed by atoms with Gasteiger partial charge in [0, 0.05) is 20.9 Å². The van der Waals surface area contributed by atoms with Crippen LogP contribution in [0.15, 0.2) is 4.99 Å². The van der Waals surface area contributed by atoms with Crippen molar-refractivity contribution in [3.8, 4) is 0 Å². The molecule has 10 N–H and O–H groups in total. The van der Waals surface area contributed by atoms with Crippen molar-refractivity contribution < 1.29 is 69.0 Å². The Kier molecular flexibility index (Phi) is 10.6. The van der Waals surface area contributed by atoms with E-state index in [-0.39, 0.29) is 6.02 Å². The molecule has 3 saturated heterocycles. The van der Waals surface area contributed by atoms with Gasteiger partial charge in [-0.1, -0.05) is 0 Å². The van der Waals surface area contributed by atoms with E-state index in [1.165, 1.54) is 14.0 Å². The van der Waals surface area contributed by atoms with Gasteiger partial charge in [-0.05, 0) is 0 Å². The van der Waals surface area contributed by atoms with Crippen LogP contribution in [0.3, 0.4) is 0 Å². The standard InChI is InChI=1S/C24H40N4O14/c1-7(32)26-13-16(35)15(34)10(5-30)38-22(13)41-21-11(6-31)39-23(14(18(21)37)27-8(2)33)40-20-9(4-29)19-12(17(20)36)28-24(25-3)42-19/h9-23,29-31,34-37H,4-6H2,1-3H3,(H,25,28)(H,26,32)(H,27,33)/t9-,10-,11+,12+,13-,14-,15-,16-,17-,18-,19+,20-,21-,22+,23+/m1/s1. The molecule has 0 aromatic heterocycles. The molecule has 0 bridgehead atoms. The second-order valence-electron chi connectivity index (χ2n) is 10.7. The summed E-state index contributed by atoms with van der Waals surface area (Å²) in [7, 11) is 1.49. The normalized spacial score (nSPS) is 46.0. The Balaban J connectivity index is 1.57. The Morgan fingerprint density at radius 2 is 1.36 bits per heavy atom. The minimum absolute atomic E-state index is 0.185. The number of amidine groups is 1. The molecule has 18 nitrogen and oxygen atoms in total. The van der Waals surface area contributed by atoms with Gasteiger partial charge in [0.2, 0.25) is 11.8 Å². The van der Waals surface area contributed by atoms with E-state index in [2.05, 4.69) is 20.9 Å². The molecule has 4 fully saturated rings. The predicted molar refractivity (Wildman–Crippen MR) is 136 cm³/mol. The van der Waals surface area contributed by atoms with Crippen LogP contribution in [0.4, 0.5) is 0 Å². The number of nitrogens with zero attached hydrogens (tertiary/aromatic N) is 1. The van der Waals surface area contributed by atoms with Gasteiger partial charge in [-0.2, -0.15) is 0 Å². The summed E-state index contributed by atoms with van der Waals surface area (Å²) >= 11 is 0. The molecule has 1 saturated carbocycles. The lowest BCUT2D eigenvalue weighted by atomic mass is 9.94. The number of nitrogens with one attached hydrogen (secondary N) is 3. The van der Waals surface area contributed by atoms with E-state index < -0.39 is 123 Å². The highest BCUT2D eigenvalue weighted by molar-refractivity contribution is 5.76. The van der Waals surface area contributed by atoms with Crippen LogP contribution in [-0.4, -0.2) is 166 Å². The number of ether oxygens (including phenoxy) is 5.